The number of amides is 1. The quantitative estimate of drug-likeness (QED) is 0.735. The second-order valence-electron chi connectivity index (χ2n) is 7.95. The minimum atomic E-state index is 0.287. The van der Waals surface area contributed by atoms with Gasteiger partial charge in [0.15, 0.2) is 0 Å². The fourth-order valence-corrected chi connectivity index (χ4v) is 4.37. The molecule has 0 saturated carbocycles. The Morgan fingerprint density at radius 3 is 2.13 bits per heavy atom. The third kappa shape index (κ3) is 4.87. The number of benzene rings is 2. The number of carbonyl (C=O) groups is 1. The Morgan fingerprint density at radius 1 is 0.800 bits per heavy atom. The van der Waals surface area contributed by atoms with Crippen LogP contribution in [0.4, 0.5) is 11.4 Å². The fraction of sp³-hybridized carbons (Fsp3) is 0.458. The van der Waals surface area contributed by atoms with E-state index in [1.807, 2.05) is 23.1 Å². The average molecular weight is 409 g/mol. The maximum atomic E-state index is 12.7. The zero-order valence-electron chi connectivity index (χ0n) is 17.9. The number of nitrogens with zero attached hydrogens (tertiary/aromatic N) is 4. The minimum absolute atomic E-state index is 0.287. The number of piperazine rings is 2. The summed E-state index contributed by atoms with van der Waals surface area (Å²) in [5.41, 5.74) is 2.41. The van der Waals surface area contributed by atoms with Gasteiger partial charge in [-0.1, -0.05) is 30.3 Å². The van der Waals surface area contributed by atoms with Gasteiger partial charge < -0.3 is 19.4 Å². The molecular weight excluding hydrogens is 376 g/mol. The molecule has 6 heteroatoms. The van der Waals surface area contributed by atoms with E-state index >= 15 is 0 Å². The van der Waals surface area contributed by atoms with Gasteiger partial charge in [-0.3, -0.25) is 9.69 Å². The number of anilines is 2. The molecule has 2 heterocycles. The Labute approximate surface area is 179 Å². The van der Waals surface area contributed by atoms with Crippen LogP contribution in [-0.4, -0.2) is 81.7 Å². The second-order valence-corrected chi connectivity index (χ2v) is 7.95. The number of para-hydroxylation sites is 3. The molecule has 0 aromatic heterocycles. The van der Waals surface area contributed by atoms with Gasteiger partial charge in [0, 0.05) is 71.0 Å². The van der Waals surface area contributed by atoms with Crippen molar-refractivity contribution in [2.24, 2.45) is 0 Å². The molecule has 0 aliphatic carbocycles. The number of ether oxygens (including phenoxy) is 1. The summed E-state index contributed by atoms with van der Waals surface area (Å²) >= 11 is 0. The molecule has 2 aliphatic heterocycles. The molecule has 0 spiro atoms. The first kappa shape index (κ1) is 20.5. The highest BCUT2D eigenvalue weighted by Crippen LogP contribution is 2.28. The van der Waals surface area contributed by atoms with Crippen LogP contribution in [0.15, 0.2) is 54.6 Å². The lowest BCUT2D eigenvalue weighted by molar-refractivity contribution is -0.131. The van der Waals surface area contributed by atoms with Crippen LogP contribution in [0, 0.1) is 0 Å². The van der Waals surface area contributed by atoms with Gasteiger partial charge in [-0.25, -0.2) is 0 Å². The molecule has 6 nitrogen and oxygen atoms in total. The van der Waals surface area contributed by atoms with Crippen molar-refractivity contribution in [1.82, 2.24) is 9.80 Å². The van der Waals surface area contributed by atoms with E-state index in [1.54, 1.807) is 7.11 Å². The van der Waals surface area contributed by atoms with E-state index in [-0.39, 0.29) is 5.91 Å². The normalized spacial score (nSPS) is 17.8. The van der Waals surface area contributed by atoms with Crippen molar-refractivity contribution in [2.75, 3.05) is 75.8 Å². The molecule has 0 radical (unpaired) electrons. The van der Waals surface area contributed by atoms with E-state index < -0.39 is 0 Å². The van der Waals surface area contributed by atoms with E-state index in [9.17, 15) is 4.79 Å². The van der Waals surface area contributed by atoms with Gasteiger partial charge in [0.2, 0.25) is 5.91 Å². The van der Waals surface area contributed by atoms with Crippen LogP contribution in [0.2, 0.25) is 0 Å². The molecule has 0 atom stereocenters. The monoisotopic (exact) mass is 408 g/mol. The Balaban J connectivity index is 1.19. The lowest BCUT2D eigenvalue weighted by Gasteiger charge is -2.38. The van der Waals surface area contributed by atoms with Crippen LogP contribution in [0.3, 0.4) is 0 Å². The largest absolute Gasteiger partial charge is 0.495 e. The van der Waals surface area contributed by atoms with E-state index in [0.717, 1.165) is 70.3 Å². The van der Waals surface area contributed by atoms with Gasteiger partial charge in [-0.05, 0) is 24.3 Å². The molecule has 4 rings (SSSR count). The summed E-state index contributed by atoms with van der Waals surface area (Å²) in [6.45, 7) is 8.18. The zero-order valence-corrected chi connectivity index (χ0v) is 17.9. The van der Waals surface area contributed by atoms with Gasteiger partial charge in [-0.2, -0.15) is 0 Å². The van der Waals surface area contributed by atoms with Crippen molar-refractivity contribution in [3.8, 4) is 5.75 Å². The predicted molar refractivity (Wildman–Crippen MR) is 121 cm³/mol. The molecule has 0 N–H and O–H groups in total. The van der Waals surface area contributed by atoms with Gasteiger partial charge >= 0.3 is 0 Å². The summed E-state index contributed by atoms with van der Waals surface area (Å²) in [5, 5.41) is 0. The standard InChI is InChI=1S/C24H32N4O2/c1-30-23-10-6-5-9-22(23)27-15-13-25(14-16-27)12-11-24(29)28-19-17-26(18-20-28)21-7-3-2-4-8-21/h2-10H,11-20H2,1H3. The molecule has 2 saturated heterocycles. The van der Waals surface area contributed by atoms with Crippen LogP contribution < -0.4 is 14.5 Å². The topological polar surface area (TPSA) is 39.3 Å². The van der Waals surface area contributed by atoms with Gasteiger partial charge in [0.05, 0.1) is 12.8 Å². The average Bonchev–Trinajstić information content (AvgIpc) is 2.83. The molecule has 0 unspecified atom stereocenters. The predicted octanol–water partition coefficient (Wildman–Crippen LogP) is 2.56. The van der Waals surface area contributed by atoms with E-state index in [0.29, 0.717) is 6.42 Å². The lowest BCUT2D eigenvalue weighted by atomic mass is 10.2. The SMILES string of the molecule is COc1ccccc1N1CCN(CCC(=O)N2CCN(c3ccccc3)CC2)CC1. The highest BCUT2D eigenvalue weighted by molar-refractivity contribution is 5.76. The van der Waals surface area contributed by atoms with Crippen molar-refractivity contribution < 1.29 is 9.53 Å². The van der Waals surface area contributed by atoms with Crippen LogP contribution in [0.1, 0.15) is 6.42 Å². The molecule has 160 valence electrons. The van der Waals surface area contributed by atoms with Crippen LogP contribution >= 0.6 is 0 Å². The number of hydrogen-bond acceptors (Lipinski definition) is 5. The molecule has 2 aliphatic rings. The van der Waals surface area contributed by atoms with E-state index in [2.05, 4.69) is 51.1 Å². The summed E-state index contributed by atoms with van der Waals surface area (Å²) in [5.74, 6) is 1.21. The molecule has 2 aromatic rings. The minimum Gasteiger partial charge on any atom is -0.495 e. The summed E-state index contributed by atoms with van der Waals surface area (Å²) in [4.78, 5) is 21.9. The van der Waals surface area contributed by atoms with Crippen LogP contribution in [0.25, 0.3) is 0 Å². The number of hydrogen-bond donors (Lipinski definition) is 0. The molecule has 30 heavy (non-hydrogen) atoms. The first-order chi connectivity index (χ1) is 14.7. The molecular formula is C24H32N4O2. The fourth-order valence-electron chi connectivity index (χ4n) is 4.37. The second kappa shape index (κ2) is 9.85. The van der Waals surface area contributed by atoms with E-state index in [4.69, 9.17) is 4.74 Å². The summed E-state index contributed by atoms with van der Waals surface area (Å²) in [7, 11) is 1.72. The number of carbonyl (C=O) groups excluding carboxylic acids is 1. The summed E-state index contributed by atoms with van der Waals surface area (Å²) in [6, 6.07) is 18.7. The lowest BCUT2D eigenvalue weighted by Crippen LogP contribution is -2.50. The molecule has 1 amide bonds. The highest BCUT2D eigenvalue weighted by Gasteiger charge is 2.23. The number of methoxy groups -OCH3 is 1. The highest BCUT2D eigenvalue weighted by atomic mass is 16.5. The molecule has 2 aromatic carbocycles. The van der Waals surface area contributed by atoms with Crippen molar-refractivity contribution in [2.45, 2.75) is 6.42 Å². The summed E-state index contributed by atoms with van der Waals surface area (Å²) in [6.07, 6.45) is 0.611. The zero-order chi connectivity index (χ0) is 20.8. The molecule has 2 fully saturated rings. The maximum absolute atomic E-state index is 12.7. The third-order valence-corrected chi connectivity index (χ3v) is 6.19. The molecule has 0 bridgehead atoms. The third-order valence-electron chi connectivity index (χ3n) is 6.19. The summed E-state index contributed by atoms with van der Waals surface area (Å²) < 4.78 is 5.50. The van der Waals surface area contributed by atoms with Gasteiger partial charge in [-0.15, -0.1) is 0 Å². The smallest absolute Gasteiger partial charge is 0.223 e. The number of rotatable bonds is 6. The first-order valence-electron chi connectivity index (χ1n) is 10.9. The van der Waals surface area contributed by atoms with Crippen molar-refractivity contribution in [1.29, 1.82) is 0 Å². The van der Waals surface area contributed by atoms with Crippen LogP contribution in [-0.2, 0) is 4.79 Å². The van der Waals surface area contributed by atoms with Crippen molar-refractivity contribution in [3.05, 3.63) is 54.6 Å². The Kier molecular flexibility index (Phi) is 6.74. The van der Waals surface area contributed by atoms with E-state index in [1.165, 1.54) is 5.69 Å². The Bertz CT molecular complexity index is 813. The van der Waals surface area contributed by atoms with Gasteiger partial charge in [0.25, 0.3) is 0 Å². The Hall–Kier alpha value is -2.73. The van der Waals surface area contributed by atoms with Gasteiger partial charge in [0.1, 0.15) is 5.75 Å². The van der Waals surface area contributed by atoms with Crippen molar-refractivity contribution in [3.63, 3.8) is 0 Å². The van der Waals surface area contributed by atoms with Crippen molar-refractivity contribution >= 4 is 17.3 Å². The maximum Gasteiger partial charge on any atom is 0.223 e. The van der Waals surface area contributed by atoms with Crippen LogP contribution in [0.5, 0.6) is 5.75 Å². The Morgan fingerprint density at radius 2 is 1.43 bits per heavy atom. The first-order valence-corrected chi connectivity index (χ1v) is 10.9.